The first-order valence-electron chi connectivity index (χ1n) is 14.5. The largest absolute Gasteiger partial charge is 1.00 e. The maximum atomic E-state index is 14.1. The molecule has 4 aromatic rings. The molecule has 0 radical (unpaired) electrons. The first-order chi connectivity index (χ1) is 22.3. The van der Waals surface area contributed by atoms with Crippen molar-refractivity contribution in [3.8, 4) is 16.9 Å². The van der Waals surface area contributed by atoms with E-state index in [0.29, 0.717) is 41.4 Å². The van der Waals surface area contributed by atoms with Crippen molar-refractivity contribution < 1.29 is 71.3 Å². The van der Waals surface area contributed by atoms with Gasteiger partial charge in [-0.3, -0.25) is 9.48 Å². The summed E-state index contributed by atoms with van der Waals surface area (Å²) in [7, 11) is -1.18. The molecular weight excluding hydrogens is 665 g/mol. The van der Waals surface area contributed by atoms with Crippen LogP contribution in [0, 0.1) is 0 Å². The van der Waals surface area contributed by atoms with Crippen LogP contribution < -0.4 is 49.8 Å². The number of rotatable bonds is 13. The molecule has 0 fully saturated rings. The van der Waals surface area contributed by atoms with Crippen LogP contribution in [0.3, 0.4) is 0 Å². The minimum atomic E-state index is -4.83. The third-order valence-corrected chi connectivity index (χ3v) is 8.72. The number of hydrogen-bond donors (Lipinski definition) is 3. The fourth-order valence-corrected chi connectivity index (χ4v) is 6.31. The first kappa shape index (κ1) is 37.3. The van der Waals surface area contributed by atoms with E-state index in [-0.39, 0.29) is 90.0 Å². The van der Waals surface area contributed by atoms with Gasteiger partial charge in [0.05, 0.1) is 36.9 Å². The van der Waals surface area contributed by atoms with E-state index in [4.69, 9.17) is 14.4 Å². The number of aryl methyl sites for hydroxylation is 1. The molecule has 2 aromatic carbocycles. The zero-order valence-corrected chi connectivity index (χ0v) is 29.6. The number of carbonyl (C=O) groups excluding carboxylic acids is 1. The van der Waals surface area contributed by atoms with E-state index < -0.39 is 25.2 Å². The van der Waals surface area contributed by atoms with Gasteiger partial charge < -0.3 is 39.4 Å². The fourth-order valence-electron chi connectivity index (χ4n) is 5.18. The van der Waals surface area contributed by atoms with Gasteiger partial charge in [-0.15, -0.1) is 0 Å². The van der Waals surface area contributed by atoms with E-state index in [0.717, 1.165) is 0 Å². The Balaban J connectivity index is 0.00000520. The average Bonchev–Trinajstić information content (AvgIpc) is 3.60. The molecule has 18 heteroatoms. The topological polar surface area (TPSA) is 167 Å². The van der Waals surface area contributed by atoms with Crippen LogP contribution in [0.4, 0.5) is 36.3 Å². The summed E-state index contributed by atoms with van der Waals surface area (Å²) in [6, 6.07) is 7.66. The number of aliphatic hydroxyl groups excluding tert-OH is 1. The maximum absolute atomic E-state index is 14.1. The molecule has 0 bridgehead atoms. The molecule has 48 heavy (non-hydrogen) atoms. The number of fused-ring (bicyclic) bond motifs is 1. The van der Waals surface area contributed by atoms with Crippen LogP contribution in [0.25, 0.3) is 11.1 Å². The van der Waals surface area contributed by atoms with Crippen molar-refractivity contribution in [1.82, 2.24) is 24.6 Å². The predicted molar refractivity (Wildman–Crippen MR) is 165 cm³/mol. The van der Waals surface area contributed by atoms with Crippen molar-refractivity contribution in [2.24, 2.45) is 0 Å². The Hall–Kier alpha value is -3.50. The Labute approximate surface area is 296 Å². The van der Waals surface area contributed by atoms with Gasteiger partial charge >= 0.3 is 35.7 Å². The van der Waals surface area contributed by atoms with Crippen LogP contribution in [0.2, 0.25) is 0 Å². The van der Waals surface area contributed by atoms with Crippen molar-refractivity contribution >= 4 is 36.6 Å². The summed E-state index contributed by atoms with van der Waals surface area (Å²) < 4.78 is 66.4. The number of amides is 1. The second kappa shape index (κ2) is 15.4. The molecule has 3 heterocycles. The first-order valence-corrected chi connectivity index (χ1v) is 16.2. The number of nitrogens with zero attached hydrogens (tertiary/aromatic N) is 5. The number of methoxy groups -OCH3 is 1. The van der Waals surface area contributed by atoms with Crippen LogP contribution in [-0.4, -0.2) is 63.0 Å². The minimum Gasteiger partial charge on any atom is -0.778 e. The SMILES string of the molecule is CCOP(=O)([O-])Cc1ccc(Nc2ncc(C(F)(F)F)c(Nc3ccc(-c4cnn(CCCO)c4)c4c3C(=O)N(C)C4)n2)c(OC)c1.[Na+]. The summed E-state index contributed by atoms with van der Waals surface area (Å²) in [5.74, 6) is -1.00. The van der Waals surface area contributed by atoms with Crippen LogP contribution in [0.1, 0.15) is 40.4 Å². The molecule has 250 valence electrons. The smallest absolute Gasteiger partial charge is 0.778 e. The third kappa shape index (κ3) is 8.37. The van der Waals surface area contributed by atoms with Crippen LogP contribution >= 0.6 is 7.60 Å². The van der Waals surface area contributed by atoms with Gasteiger partial charge in [-0.25, -0.2) is 4.98 Å². The van der Waals surface area contributed by atoms with Crippen molar-refractivity contribution in [3.63, 3.8) is 0 Å². The molecule has 1 amide bonds. The van der Waals surface area contributed by atoms with E-state index in [9.17, 15) is 27.4 Å². The summed E-state index contributed by atoms with van der Waals surface area (Å²) in [6.45, 7) is 2.28. The number of anilines is 4. The number of aromatic nitrogens is 4. The molecule has 1 atom stereocenters. The van der Waals surface area contributed by atoms with Gasteiger partial charge in [0.25, 0.3) is 5.91 Å². The molecule has 13 nitrogen and oxygen atoms in total. The van der Waals surface area contributed by atoms with Crippen molar-refractivity contribution in [2.75, 3.05) is 38.0 Å². The summed E-state index contributed by atoms with van der Waals surface area (Å²) in [5, 5.41) is 19.0. The molecule has 0 aliphatic carbocycles. The van der Waals surface area contributed by atoms with Crippen molar-refractivity contribution in [2.45, 2.75) is 38.8 Å². The Morgan fingerprint density at radius 2 is 1.90 bits per heavy atom. The van der Waals surface area contributed by atoms with E-state index in [2.05, 4.69) is 25.7 Å². The number of carbonyl (C=O) groups is 1. The second-order valence-corrected chi connectivity index (χ2v) is 12.5. The van der Waals surface area contributed by atoms with E-state index >= 15 is 0 Å². The van der Waals surface area contributed by atoms with Crippen molar-refractivity contribution in [1.29, 1.82) is 0 Å². The summed E-state index contributed by atoms with van der Waals surface area (Å²) in [5.41, 5.74) is 1.84. The molecular formula is C30H32F3N7NaO6P. The Kier molecular flexibility index (Phi) is 11.9. The van der Waals surface area contributed by atoms with Gasteiger partial charge in [-0.2, -0.15) is 23.3 Å². The van der Waals surface area contributed by atoms with E-state index in [1.165, 1.54) is 36.3 Å². The third-order valence-electron chi connectivity index (χ3n) is 7.32. The van der Waals surface area contributed by atoms with Crippen LogP contribution in [-0.2, 0) is 34.5 Å². The molecule has 0 saturated heterocycles. The molecule has 0 saturated carbocycles. The molecule has 0 spiro atoms. The van der Waals surface area contributed by atoms with Gasteiger partial charge in [-0.05, 0) is 48.2 Å². The number of nitrogens with one attached hydrogen (secondary N) is 2. The Morgan fingerprint density at radius 1 is 1.15 bits per heavy atom. The zero-order chi connectivity index (χ0) is 33.9. The zero-order valence-electron chi connectivity index (χ0n) is 26.7. The molecule has 3 N–H and O–H groups in total. The quantitative estimate of drug-likeness (QED) is 0.138. The van der Waals surface area contributed by atoms with Gasteiger partial charge in [0, 0.05) is 50.9 Å². The number of aliphatic hydroxyl groups is 1. The van der Waals surface area contributed by atoms with Crippen molar-refractivity contribution in [3.05, 3.63) is 71.2 Å². The number of alkyl halides is 3. The number of halogens is 3. The molecule has 1 aliphatic heterocycles. The Morgan fingerprint density at radius 3 is 2.58 bits per heavy atom. The predicted octanol–water partition coefficient (Wildman–Crippen LogP) is 1.92. The summed E-state index contributed by atoms with van der Waals surface area (Å²) in [6.07, 6.45) is -0.669. The van der Waals surface area contributed by atoms with Gasteiger partial charge in [0.1, 0.15) is 24.7 Å². The maximum Gasteiger partial charge on any atom is 1.00 e. The molecule has 5 rings (SSSR count). The van der Waals surface area contributed by atoms with Gasteiger partial charge in [0.2, 0.25) is 5.95 Å². The monoisotopic (exact) mass is 697 g/mol. The minimum absolute atomic E-state index is 0. The van der Waals surface area contributed by atoms with Gasteiger partial charge in [-0.1, -0.05) is 12.1 Å². The number of hydrogen-bond acceptors (Lipinski definition) is 11. The average molecular weight is 698 g/mol. The van der Waals surface area contributed by atoms with Gasteiger partial charge in [0.15, 0.2) is 0 Å². The summed E-state index contributed by atoms with van der Waals surface area (Å²) >= 11 is 0. The fraction of sp³-hybridized carbons (Fsp3) is 0.333. The van der Waals surface area contributed by atoms with Crippen LogP contribution in [0.5, 0.6) is 5.75 Å². The molecule has 1 unspecified atom stereocenters. The second-order valence-electron chi connectivity index (χ2n) is 10.7. The van der Waals surface area contributed by atoms with Crippen LogP contribution in [0.15, 0.2) is 48.9 Å². The normalized spacial score (nSPS) is 13.9. The standard InChI is InChI=1S/C30H33F3N7O6P.Na/c1-4-46-47(43,44)17-18-6-8-23(25(12-18)45-3)37-29-34-14-22(30(31,32)33)27(38-29)36-24-9-7-20(21-16-39(2)28(42)26(21)24)19-13-35-40(15-19)10-5-11-41;/h6-9,12-15,41H,4-5,10-11,16-17H2,1-3H3,(H,43,44)(H2,34,36,37,38);/q;+1/p-1. The van der Waals surface area contributed by atoms with E-state index in [1.54, 1.807) is 37.1 Å². The molecule has 1 aliphatic rings. The Bertz CT molecular complexity index is 1840. The van der Waals surface area contributed by atoms with E-state index in [1.807, 2.05) is 0 Å². The number of ether oxygens (including phenoxy) is 1. The number of benzene rings is 2. The summed E-state index contributed by atoms with van der Waals surface area (Å²) in [4.78, 5) is 34.8. The molecule has 2 aromatic heterocycles.